The molecule has 0 unspecified atom stereocenters. The first-order valence-corrected chi connectivity index (χ1v) is 9.74. The van der Waals surface area contributed by atoms with Gasteiger partial charge in [0.05, 0.1) is 17.8 Å². The highest BCUT2D eigenvalue weighted by Gasteiger charge is 2.34. The van der Waals surface area contributed by atoms with E-state index in [4.69, 9.17) is 4.98 Å². The van der Waals surface area contributed by atoms with Crippen molar-refractivity contribution in [3.8, 4) is 0 Å². The minimum Gasteiger partial charge on any atom is -0.393 e. The van der Waals surface area contributed by atoms with Crippen molar-refractivity contribution in [1.82, 2.24) is 19.9 Å². The fourth-order valence-corrected chi connectivity index (χ4v) is 4.10. The molecule has 0 spiro atoms. The quantitative estimate of drug-likeness (QED) is 0.861. The average molecular weight is 368 g/mol. The molecule has 2 aliphatic rings. The van der Waals surface area contributed by atoms with Crippen LogP contribution in [0, 0.1) is 12.3 Å². The molecule has 7 nitrogen and oxygen atoms in total. The van der Waals surface area contributed by atoms with Crippen molar-refractivity contribution in [2.45, 2.75) is 58.6 Å². The monoisotopic (exact) mass is 368 g/mol. The maximum absolute atomic E-state index is 9.74. The summed E-state index contributed by atoms with van der Waals surface area (Å²) in [6.45, 7) is 8.16. The van der Waals surface area contributed by atoms with E-state index in [9.17, 15) is 5.11 Å². The molecule has 0 amide bonds. The Bertz CT molecular complexity index is 816. The Hall–Kier alpha value is -2.28. The summed E-state index contributed by atoms with van der Waals surface area (Å²) in [5, 5.41) is 13.3. The number of fused-ring (bicyclic) bond motifs is 1. The van der Waals surface area contributed by atoms with E-state index in [0.717, 1.165) is 67.5 Å². The van der Waals surface area contributed by atoms with Gasteiger partial charge in [0.25, 0.3) is 0 Å². The minimum atomic E-state index is -0.192. The number of anilines is 2. The number of aromatic nitrogens is 4. The van der Waals surface area contributed by atoms with Gasteiger partial charge in [-0.2, -0.15) is 0 Å². The zero-order chi connectivity index (χ0) is 19.0. The van der Waals surface area contributed by atoms with Gasteiger partial charge in [0.15, 0.2) is 0 Å². The van der Waals surface area contributed by atoms with Crippen LogP contribution >= 0.6 is 0 Å². The zero-order valence-electron chi connectivity index (χ0n) is 16.3. The highest BCUT2D eigenvalue weighted by atomic mass is 16.3. The van der Waals surface area contributed by atoms with Crippen LogP contribution in [0.2, 0.25) is 0 Å². The van der Waals surface area contributed by atoms with Crippen LogP contribution in [0.1, 0.15) is 56.1 Å². The lowest BCUT2D eigenvalue weighted by Crippen LogP contribution is -2.38. The molecular formula is C20H28N6O. The maximum atomic E-state index is 9.74. The van der Waals surface area contributed by atoms with Crippen LogP contribution in [-0.2, 0) is 6.42 Å². The first kappa shape index (κ1) is 18.1. The van der Waals surface area contributed by atoms with Crippen molar-refractivity contribution < 1.29 is 5.11 Å². The Kier molecular flexibility index (Phi) is 4.72. The lowest BCUT2D eigenvalue weighted by molar-refractivity contribution is 0.145. The van der Waals surface area contributed by atoms with E-state index in [1.165, 1.54) is 0 Å². The number of hydrogen-bond acceptors (Lipinski definition) is 7. The van der Waals surface area contributed by atoms with Crippen LogP contribution < -0.4 is 10.2 Å². The summed E-state index contributed by atoms with van der Waals surface area (Å²) in [7, 11) is 0. The second-order valence-electron chi connectivity index (χ2n) is 8.58. The standard InChI is InChI=1S/C20H28N6O/c1-13-8-18(23-12-22-13)24-16-9-20(2,3)10-17-15(16)11-21-19(25-17)26-6-4-14(27)5-7-26/h8,11-12,14,16,27H,4-7,9-10H2,1-3H3,(H,22,23,24)/t16-/m1/s1. The van der Waals surface area contributed by atoms with Crippen molar-refractivity contribution >= 4 is 11.8 Å². The average Bonchev–Trinajstić information content (AvgIpc) is 2.61. The molecule has 1 fully saturated rings. The predicted molar refractivity (Wildman–Crippen MR) is 105 cm³/mol. The third-order valence-electron chi connectivity index (χ3n) is 5.54. The van der Waals surface area contributed by atoms with Gasteiger partial charge in [-0.15, -0.1) is 0 Å². The van der Waals surface area contributed by atoms with E-state index in [1.54, 1.807) is 6.33 Å². The van der Waals surface area contributed by atoms with Crippen molar-refractivity contribution in [3.63, 3.8) is 0 Å². The fourth-order valence-electron chi connectivity index (χ4n) is 4.10. The zero-order valence-corrected chi connectivity index (χ0v) is 16.3. The van der Waals surface area contributed by atoms with E-state index in [2.05, 4.69) is 39.0 Å². The third kappa shape index (κ3) is 4.03. The van der Waals surface area contributed by atoms with Gasteiger partial charge in [0.2, 0.25) is 5.95 Å². The molecule has 0 radical (unpaired) electrons. The Morgan fingerprint density at radius 1 is 1.19 bits per heavy atom. The van der Waals surface area contributed by atoms with E-state index < -0.39 is 0 Å². The van der Waals surface area contributed by atoms with Gasteiger partial charge >= 0.3 is 0 Å². The molecule has 0 aromatic carbocycles. The van der Waals surface area contributed by atoms with Gasteiger partial charge < -0.3 is 15.3 Å². The summed E-state index contributed by atoms with van der Waals surface area (Å²) in [6.07, 6.45) is 6.88. The molecule has 144 valence electrons. The molecule has 1 saturated heterocycles. The number of hydrogen-bond donors (Lipinski definition) is 2. The molecule has 1 atom stereocenters. The SMILES string of the molecule is Cc1cc(N[C@@H]2CC(C)(C)Cc3nc(N4CCC(O)CC4)ncc32)ncn1. The minimum absolute atomic E-state index is 0.135. The predicted octanol–water partition coefficient (Wildman–Crippen LogP) is 2.66. The smallest absolute Gasteiger partial charge is 0.225 e. The number of nitrogens with zero attached hydrogens (tertiary/aromatic N) is 5. The normalized spacial score (nSPS) is 22.4. The Morgan fingerprint density at radius 2 is 1.96 bits per heavy atom. The lowest BCUT2D eigenvalue weighted by atomic mass is 9.74. The number of aryl methyl sites for hydroxylation is 1. The Labute approximate surface area is 160 Å². The number of piperidine rings is 1. The summed E-state index contributed by atoms with van der Waals surface area (Å²) in [4.78, 5) is 20.3. The summed E-state index contributed by atoms with van der Waals surface area (Å²) in [5.74, 6) is 1.63. The number of rotatable bonds is 3. The molecule has 1 aliphatic heterocycles. The van der Waals surface area contributed by atoms with Gasteiger partial charge in [-0.05, 0) is 38.0 Å². The van der Waals surface area contributed by atoms with Gasteiger partial charge in [-0.1, -0.05) is 13.8 Å². The molecule has 1 aliphatic carbocycles. The molecule has 3 heterocycles. The second-order valence-corrected chi connectivity index (χ2v) is 8.58. The first-order valence-electron chi connectivity index (χ1n) is 9.74. The Morgan fingerprint density at radius 3 is 2.70 bits per heavy atom. The van der Waals surface area contributed by atoms with Gasteiger partial charge in [-0.25, -0.2) is 19.9 Å². The molecular weight excluding hydrogens is 340 g/mol. The maximum Gasteiger partial charge on any atom is 0.225 e. The highest BCUT2D eigenvalue weighted by Crippen LogP contribution is 2.41. The molecule has 0 saturated carbocycles. The van der Waals surface area contributed by atoms with Crippen molar-refractivity contribution in [2.75, 3.05) is 23.3 Å². The fraction of sp³-hybridized carbons (Fsp3) is 0.600. The van der Waals surface area contributed by atoms with Gasteiger partial charge in [-0.3, -0.25) is 0 Å². The van der Waals surface area contributed by atoms with Crippen LogP contribution in [0.4, 0.5) is 11.8 Å². The third-order valence-corrected chi connectivity index (χ3v) is 5.54. The number of aliphatic hydroxyl groups is 1. The molecule has 0 bridgehead atoms. The Balaban J connectivity index is 1.61. The molecule has 2 aromatic heterocycles. The van der Waals surface area contributed by atoms with E-state index >= 15 is 0 Å². The van der Waals surface area contributed by atoms with Crippen LogP contribution in [-0.4, -0.2) is 44.2 Å². The van der Waals surface area contributed by atoms with E-state index in [-0.39, 0.29) is 17.6 Å². The van der Waals surface area contributed by atoms with Crippen LogP contribution in [0.5, 0.6) is 0 Å². The van der Waals surface area contributed by atoms with Crippen molar-refractivity contribution in [2.24, 2.45) is 5.41 Å². The van der Waals surface area contributed by atoms with Gasteiger partial charge in [0.1, 0.15) is 12.1 Å². The summed E-state index contributed by atoms with van der Waals surface area (Å²) in [6, 6.07) is 2.10. The van der Waals surface area contributed by atoms with E-state index in [1.807, 2.05) is 19.2 Å². The van der Waals surface area contributed by atoms with Crippen LogP contribution in [0.15, 0.2) is 18.6 Å². The van der Waals surface area contributed by atoms with Crippen molar-refractivity contribution in [1.29, 1.82) is 0 Å². The highest BCUT2D eigenvalue weighted by molar-refractivity contribution is 5.43. The molecule has 4 rings (SSSR count). The first-order chi connectivity index (χ1) is 12.9. The van der Waals surface area contributed by atoms with Gasteiger partial charge in [0, 0.05) is 36.6 Å². The molecule has 27 heavy (non-hydrogen) atoms. The largest absolute Gasteiger partial charge is 0.393 e. The lowest BCUT2D eigenvalue weighted by Gasteiger charge is -2.37. The number of nitrogens with one attached hydrogen (secondary N) is 1. The summed E-state index contributed by atoms with van der Waals surface area (Å²) in [5.41, 5.74) is 3.37. The van der Waals surface area contributed by atoms with E-state index in [0.29, 0.717) is 0 Å². The second kappa shape index (κ2) is 7.03. The molecule has 2 aromatic rings. The number of aliphatic hydroxyl groups excluding tert-OH is 1. The summed E-state index contributed by atoms with van der Waals surface area (Å²) < 4.78 is 0. The van der Waals surface area contributed by atoms with Crippen molar-refractivity contribution in [3.05, 3.63) is 35.5 Å². The molecule has 2 N–H and O–H groups in total. The van der Waals surface area contributed by atoms with Crippen LogP contribution in [0.3, 0.4) is 0 Å². The topological polar surface area (TPSA) is 87.1 Å². The summed E-state index contributed by atoms with van der Waals surface area (Å²) >= 11 is 0. The van der Waals surface area contributed by atoms with Crippen LogP contribution in [0.25, 0.3) is 0 Å². The molecule has 7 heteroatoms.